The summed E-state index contributed by atoms with van der Waals surface area (Å²) in [4.78, 5) is 13.6. The fourth-order valence-electron chi connectivity index (χ4n) is 1.86. The van der Waals surface area contributed by atoms with Gasteiger partial charge in [0.25, 0.3) is 0 Å². The van der Waals surface area contributed by atoms with E-state index in [1.54, 1.807) is 4.90 Å². The van der Waals surface area contributed by atoms with Crippen molar-refractivity contribution in [2.45, 2.75) is 6.42 Å². The first-order chi connectivity index (χ1) is 7.61. The van der Waals surface area contributed by atoms with Crippen molar-refractivity contribution in [1.29, 1.82) is 0 Å². The standard InChI is InChI=1S/C11H12ClIN2O/c12-8-1-2-9(13)10(4-8)15-6-7(5-14)3-11(15)16/h1-2,4,7H,3,5-6,14H2. The average molecular weight is 351 g/mol. The first-order valence-corrected chi connectivity index (χ1v) is 6.53. The third-order valence-corrected chi connectivity index (χ3v) is 3.88. The molecule has 0 spiro atoms. The number of rotatable bonds is 2. The molecule has 1 atom stereocenters. The van der Waals surface area contributed by atoms with Gasteiger partial charge in [-0.25, -0.2) is 0 Å². The molecule has 3 nitrogen and oxygen atoms in total. The summed E-state index contributed by atoms with van der Waals surface area (Å²) in [6, 6.07) is 5.58. The molecule has 1 unspecified atom stereocenters. The lowest BCUT2D eigenvalue weighted by Crippen LogP contribution is -2.26. The Morgan fingerprint density at radius 3 is 2.94 bits per heavy atom. The van der Waals surface area contributed by atoms with Gasteiger partial charge in [0.1, 0.15) is 0 Å². The highest BCUT2D eigenvalue weighted by atomic mass is 127. The van der Waals surface area contributed by atoms with Crippen LogP contribution in [0.15, 0.2) is 18.2 Å². The first kappa shape index (κ1) is 12.1. The van der Waals surface area contributed by atoms with Gasteiger partial charge < -0.3 is 10.6 Å². The highest BCUT2D eigenvalue weighted by Crippen LogP contribution is 2.30. The Kier molecular flexibility index (Phi) is 3.71. The van der Waals surface area contributed by atoms with Crippen LogP contribution in [-0.4, -0.2) is 19.0 Å². The molecule has 1 aliphatic heterocycles. The van der Waals surface area contributed by atoms with E-state index >= 15 is 0 Å². The van der Waals surface area contributed by atoms with Crippen molar-refractivity contribution < 1.29 is 4.79 Å². The van der Waals surface area contributed by atoms with E-state index in [1.165, 1.54) is 0 Å². The summed E-state index contributed by atoms with van der Waals surface area (Å²) in [5.41, 5.74) is 6.49. The van der Waals surface area contributed by atoms with Gasteiger partial charge in [0.2, 0.25) is 5.91 Å². The molecule has 0 aromatic heterocycles. The Labute approximate surface area is 113 Å². The van der Waals surface area contributed by atoms with Crippen molar-refractivity contribution in [1.82, 2.24) is 0 Å². The summed E-state index contributed by atoms with van der Waals surface area (Å²) in [6.07, 6.45) is 0.541. The quantitative estimate of drug-likeness (QED) is 0.832. The third-order valence-electron chi connectivity index (χ3n) is 2.74. The molecule has 1 aromatic rings. The van der Waals surface area contributed by atoms with Crippen LogP contribution >= 0.6 is 34.2 Å². The molecule has 1 aliphatic rings. The molecular weight excluding hydrogens is 338 g/mol. The predicted octanol–water partition coefficient (Wildman–Crippen LogP) is 2.26. The predicted molar refractivity (Wildman–Crippen MR) is 73.7 cm³/mol. The van der Waals surface area contributed by atoms with Crippen LogP contribution in [0, 0.1) is 9.49 Å². The van der Waals surface area contributed by atoms with Gasteiger partial charge in [0, 0.05) is 21.6 Å². The van der Waals surface area contributed by atoms with Crippen molar-refractivity contribution in [3.63, 3.8) is 0 Å². The lowest BCUT2D eigenvalue weighted by molar-refractivity contribution is -0.117. The maximum absolute atomic E-state index is 11.8. The Morgan fingerprint density at radius 2 is 2.31 bits per heavy atom. The molecule has 86 valence electrons. The molecule has 2 N–H and O–H groups in total. The van der Waals surface area contributed by atoms with E-state index in [1.807, 2.05) is 18.2 Å². The van der Waals surface area contributed by atoms with E-state index in [0.29, 0.717) is 24.5 Å². The number of amides is 1. The molecular formula is C11H12ClIN2O. The van der Waals surface area contributed by atoms with E-state index in [2.05, 4.69) is 22.6 Å². The Balaban J connectivity index is 2.30. The lowest BCUT2D eigenvalue weighted by atomic mass is 10.1. The van der Waals surface area contributed by atoms with Gasteiger partial charge in [-0.1, -0.05) is 11.6 Å². The van der Waals surface area contributed by atoms with Gasteiger partial charge in [0.15, 0.2) is 0 Å². The van der Waals surface area contributed by atoms with Gasteiger partial charge in [-0.05, 0) is 53.3 Å². The Bertz CT molecular complexity index is 424. The number of nitrogens with zero attached hydrogens (tertiary/aromatic N) is 1. The molecule has 1 heterocycles. The number of hydrogen-bond acceptors (Lipinski definition) is 2. The minimum absolute atomic E-state index is 0.135. The number of carbonyl (C=O) groups is 1. The van der Waals surface area contributed by atoms with Crippen LogP contribution in [0.1, 0.15) is 6.42 Å². The minimum atomic E-state index is 0.135. The summed E-state index contributed by atoms with van der Waals surface area (Å²) in [7, 11) is 0. The number of hydrogen-bond donors (Lipinski definition) is 1. The number of anilines is 1. The van der Waals surface area contributed by atoms with E-state index in [4.69, 9.17) is 17.3 Å². The Hall–Kier alpha value is -0.330. The fraction of sp³-hybridized carbons (Fsp3) is 0.364. The number of carbonyl (C=O) groups excluding carboxylic acids is 1. The van der Waals surface area contributed by atoms with Crippen molar-refractivity contribution in [2.75, 3.05) is 18.0 Å². The number of halogens is 2. The molecule has 1 aromatic carbocycles. The van der Waals surface area contributed by atoms with Crippen LogP contribution in [-0.2, 0) is 4.79 Å². The van der Waals surface area contributed by atoms with Crippen molar-refractivity contribution in [3.8, 4) is 0 Å². The lowest BCUT2D eigenvalue weighted by Gasteiger charge is -2.18. The zero-order valence-electron chi connectivity index (χ0n) is 8.62. The average Bonchev–Trinajstić information content (AvgIpc) is 2.63. The summed E-state index contributed by atoms with van der Waals surface area (Å²) < 4.78 is 1.04. The van der Waals surface area contributed by atoms with Crippen molar-refractivity contribution >= 4 is 45.8 Å². The summed E-state index contributed by atoms with van der Waals surface area (Å²) in [6.45, 7) is 1.26. The van der Waals surface area contributed by atoms with E-state index in [9.17, 15) is 4.79 Å². The van der Waals surface area contributed by atoms with E-state index < -0.39 is 0 Å². The van der Waals surface area contributed by atoms with Crippen LogP contribution in [0.4, 0.5) is 5.69 Å². The summed E-state index contributed by atoms with van der Waals surface area (Å²) in [5.74, 6) is 0.401. The first-order valence-electron chi connectivity index (χ1n) is 5.07. The summed E-state index contributed by atoms with van der Waals surface area (Å²) >= 11 is 8.16. The largest absolute Gasteiger partial charge is 0.330 e. The molecule has 1 fully saturated rings. The summed E-state index contributed by atoms with van der Waals surface area (Å²) in [5, 5.41) is 0.652. The molecule has 0 bridgehead atoms. The molecule has 0 radical (unpaired) electrons. The smallest absolute Gasteiger partial charge is 0.227 e. The fourth-order valence-corrected chi connectivity index (χ4v) is 2.66. The van der Waals surface area contributed by atoms with Gasteiger partial charge in [-0.2, -0.15) is 0 Å². The van der Waals surface area contributed by atoms with Gasteiger partial charge >= 0.3 is 0 Å². The molecule has 0 aliphatic carbocycles. The van der Waals surface area contributed by atoms with Crippen molar-refractivity contribution in [2.24, 2.45) is 11.7 Å². The van der Waals surface area contributed by atoms with Gasteiger partial charge in [0.05, 0.1) is 5.69 Å². The minimum Gasteiger partial charge on any atom is -0.330 e. The van der Waals surface area contributed by atoms with Crippen LogP contribution in [0.5, 0.6) is 0 Å². The van der Waals surface area contributed by atoms with Gasteiger partial charge in [-0.15, -0.1) is 0 Å². The van der Waals surface area contributed by atoms with Gasteiger partial charge in [-0.3, -0.25) is 4.79 Å². The van der Waals surface area contributed by atoms with Crippen LogP contribution in [0.25, 0.3) is 0 Å². The van der Waals surface area contributed by atoms with Crippen LogP contribution < -0.4 is 10.6 Å². The monoisotopic (exact) mass is 350 g/mol. The molecule has 16 heavy (non-hydrogen) atoms. The Morgan fingerprint density at radius 1 is 1.56 bits per heavy atom. The zero-order valence-corrected chi connectivity index (χ0v) is 11.5. The second kappa shape index (κ2) is 4.89. The van der Waals surface area contributed by atoms with E-state index in [-0.39, 0.29) is 11.8 Å². The third kappa shape index (κ3) is 2.33. The second-order valence-electron chi connectivity index (χ2n) is 3.91. The SMILES string of the molecule is NCC1CC(=O)N(c2cc(Cl)ccc2I)C1. The zero-order chi connectivity index (χ0) is 11.7. The highest BCUT2D eigenvalue weighted by molar-refractivity contribution is 14.1. The maximum atomic E-state index is 11.8. The second-order valence-corrected chi connectivity index (χ2v) is 5.50. The topological polar surface area (TPSA) is 46.3 Å². The normalized spacial score (nSPS) is 20.6. The number of nitrogens with two attached hydrogens (primary N) is 1. The molecule has 5 heteroatoms. The molecule has 1 saturated heterocycles. The van der Waals surface area contributed by atoms with Crippen LogP contribution in [0.3, 0.4) is 0 Å². The highest BCUT2D eigenvalue weighted by Gasteiger charge is 2.30. The molecule has 1 amide bonds. The maximum Gasteiger partial charge on any atom is 0.227 e. The van der Waals surface area contributed by atoms with Crippen molar-refractivity contribution in [3.05, 3.63) is 26.8 Å². The van der Waals surface area contributed by atoms with E-state index in [0.717, 1.165) is 9.26 Å². The molecule has 0 saturated carbocycles. The van der Waals surface area contributed by atoms with Crippen LogP contribution in [0.2, 0.25) is 5.02 Å². The molecule has 2 rings (SSSR count). The number of benzene rings is 1.